The Morgan fingerprint density at radius 2 is 1.22 bits per heavy atom. The number of rotatable bonds is 3. The molecule has 6 aromatic rings. The van der Waals surface area contributed by atoms with Gasteiger partial charge in [0.1, 0.15) is 0 Å². The van der Waals surface area contributed by atoms with E-state index in [1.54, 1.807) is 0 Å². The van der Waals surface area contributed by atoms with E-state index in [1.807, 2.05) is 54.7 Å². The van der Waals surface area contributed by atoms with Crippen molar-refractivity contribution in [3.05, 3.63) is 95.2 Å². The number of benzene rings is 5. The first-order chi connectivity index (χ1) is 17.9. The first-order valence-corrected chi connectivity index (χ1v) is 12.9. The van der Waals surface area contributed by atoms with E-state index >= 15 is 0 Å². The molecule has 0 bridgehead atoms. The lowest BCUT2D eigenvalue weighted by Gasteiger charge is -2.32. The van der Waals surface area contributed by atoms with Crippen molar-refractivity contribution in [2.24, 2.45) is 0 Å². The van der Waals surface area contributed by atoms with Crippen LogP contribution in [-0.4, -0.2) is 16.8 Å². The Hall–Kier alpha value is -4.31. The number of aromatic nitrogens is 1. The second-order valence-electron chi connectivity index (χ2n) is 10.7. The number of carbonyl (C=O) groups excluding carboxylic acids is 2. The average Bonchev–Trinajstić information content (AvgIpc) is 2.90. The number of hydrogen-bond donors (Lipinski definition) is 0. The first-order valence-electron chi connectivity index (χ1n) is 12.9. The quantitative estimate of drug-likeness (QED) is 0.145. The molecule has 0 atom stereocenters. The zero-order valence-corrected chi connectivity index (χ0v) is 21.3. The summed E-state index contributed by atoms with van der Waals surface area (Å²) in [5.41, 5.74) is 4.78. The van der Waals surface area contributed by atoms with Gasteiger partial charge in [-0.1, -0.05) is 76.2 Å². The second-order valence-corrected chi connectivity index (χ2v) is 10.7. The standard InChI is InChI=1S/C33H26N2O2/c1-17(2)20-8-6-9-21(18(3)4)31(20)35-32(36)25-13-11-23-22-10-5-7-19-15-16-34-30(27(19)22)24-12-14-26(33(35)37)29(25)28(23)24/h5-18H,1-4H3. The number of carbonyl (C=O) groups is 2. The smallest absolute Gasteiger partial charge is 0.266 e. The maximum absolute atomic E-state index is 14.2. The van der Waals surface area contributed by atoms with E-state index in [0.717, 1.165) is 60.0 Å². The number of nitrogens with zero attached hydrogens (tertiary/aromatic N) is 2. The van der Waals surface area contributed by atoms with Crippen LogP contribution in [-0.2, 0) is 0 Å². The third kappa shape index (κ3) is 2.81. The van der Waals surface area contributed by atoms with E-state index in [-0.39, 0.29) is 23.7 Å². The molecule has 0 radical (unpaired) electrons. The molecular formula is C33H26N2O2. The summed E-state index contributed by atoms with van der Waals surface area (Å²) in [5.74, 6) is -0.203. The van der Waals surface area contributed by atoms with E-state index in [4.69, 9.17) is 4.98 Å². The summed E-state index contributed by atoms with van der Waals surface area (Å²) in [6.45, 7) is 8.41. The van der Waals surface area contributed by atoms with Crippen LogP contribution in [0.5, 0.6) is 0 Å². The topological polar surface area (TPSA) is 50.3 Å². The number of fused-ring (bicyclic) bond motifs is 2. The van der Waals surface area contributed by atoms with Gasteiger partial charge in [0.15, 0.2) is 0 Å². The summed E-state index contributed by atoms with van der Waals surface area (Å²) in [6.07, 6.45) is 1.83. The molecule has 0 N–H and O–H groups in total. The maximum Gasteiger partial charge on any atom is 0.266 e. The van der Waals surface area contributed by atoms with Gasteiger partial charge in [-0.2, -0.15) is 0 Å². The lowest BCUT2D eigenvalue weighted by Crippen LogP contribution is -2.41. The highest BCUT2D eigenvalue weighted by Crippen LogP contribution is 2.45. The van der Waals surface area contributed by atoms with Gasteiger partial charge < -0.3 is 0 Å². The van der Waals surface area contributed by atoms with Crippen molar-refractivity contribution < 1.29 is 9.59 Å². The van der Waals surface area contributed by atoms with Gasteiger partial charge in [0.25, 0.3) is 11.8 Å². The van der Waals surface area contributed by atoms with Crippen molar-refractivity contribution in [1.82, 2.24) is 4.98 Å². The van der Waals surface area contributed by atoms with Crippen molar-refractivity contribution in [3.8, 4) is 0 Å². The molecule has 37 heavy (non-hydrogen) atoms. The molecule has 0 unspecified atom stereocenters. The minimum Gasteiger partial charge on any atom is -0.268 e. The minimum absolute atomic E-state index is 0.161. The van der Waals surface area contributed by atoms with Gasteiger partial charge in [-0.15, -0.1) is 0 Å². The van der Waals surface area contributed by atoms with Crippen molar-refractivity contribution >= 4 is 60.7 Å². The molecule has 0 saturated heterocycles. The number of amides is 2. The number of pyridine rings is 1. The van der Waals surface area contributed by atoms with Crippen molar-refractivity contribution in [2.45, 2.75) is 39.5 Å². The number of anilines is 1. The molecule has 4 nitrogen and oxygen atoms in total. The van der Waals surface area contributed by atoms with Gasteiger partial charge in [-0.05, 0) is 57.3 Å². The molecule has 0 aliphatic carbocycles. The van der Waals surface area contributed by atoms with Crippen LogP contribution in [0.15, 0.2) is 72.9 Å². The Balaban J connectivity index is 1.58. The molecule has 180 valence electrons. The molecule has 2 amide bonds. The largest absolute Gasteiger partial charge is 0.268 e. The second kappa shape index (κ2) is 7.59. The molecule has 1 aliphatic rings. The average molecular weight is 483 g/mol. The molecule has 1 aromatic heterocycles. The highest BCUT2D eigenvalue weighted by Gasteiger charge is 2.37. The summed E-state index contributed by atoms with van der Waals surface area (Å²) in [4.78, 5) is 34.6. The lowest BCUT2D eigenvalue weighted by molar-refractivity contribution is 0.0893. The van der Waals surface area contributed by atoms with Gasteiger partial charge in [-0.3, -0.25) is 14.6 Å². The predicted molar refractivity (Wildman–Crippen MR) is 151 cm³/mol. The van der Waals surface area contributed by atoms with Crippen LogP contribution in [0.4, 0.5) is 5.69 Å². The molecule has 7 rings (SSSR count). The SMILES string of the molecule is CC(C)c1cccc(C(C)C)c1N1C(=O)c2ccc3c4cccc5ccnc(c6ccc(c2c36)C1=O)c54. The van der Waals surface area contributed by atoms with Gasteiger partial charge >= 0.3 is 0 Å². The van der Waals surface area contributed by atoms with Gasteiger partial charge in [0, 0.05) is 38.9 Å². The molecule has 0 fully saturated rings. The van der Waals surface area contributed by atoms with Crippen LogP contribution < -0.4 is 4.90 Å². The van der Waals surface area contributed by atoms with Crippen molar-refractivity contribution in [3.63, 3.8) is 0 Å². The number of hydrogen-bond acceptors (Lipinski definition) is 3. The summed E-state index contributed by atoms with van der Waals surface area (Å²) in [5, 5.41) is 7.03. The van der Waals surface area contributed by atoms with Gasteiger partial charge in [0.05, 0.1) is 11.2 Å². The Labute approximate surface area is 214 Å². The molecule has 0 spiro atoms. The van der Waals surface area contributed by atoms with Crippen LogP contribution in [0, 0.1) is 0 Å². The van der Waals surface area contributed by atoms with Crippen LogP contribution in [0.2, 0.25) is 0 Å². The highest BCUT2D eigenvalue weighted by molar-refractivity contribution is 6.42. The van der Waals surface area contributed by atoms with E-state index in [2.05, 4.69) is 45.9 Å². The Kier molecular flexibility index (Phi) is 4.50. The van der Waals surface area contributed by atoms with E-state index in [9.17, 15) is 9.59 Å². The van der Waals surface area contributed by atoms with E-state index < -0.39 is 0 Å². The van der Waals surface area contributed by atoms with Crippen molar-refractivity contribution in [2.75, 3.05) is 4.90 Å². The summed E-state index contributed by atoms with van der Waals surface area (Å²) in [6, 6.07) is 22.2. The van der Waals surface area contributed by atoms with Crippen LogP contribution >= 0.6 is 0 Å². The Bertz CT molecular complexity index is 1810. The monoisotopic (exact) mass is 482 g/mol. The summed E-state index contributed by atoms with van der Waals surface area (Å²) >= 11 is 0. The first kappa shape index (κ1) is 21.9. The minimum atomic E-state index is -0.263. The fraction of sp³-hybridized carbons (Fsp3) is 0.182. The molecule has 5 aromatic carbocycles. The summed E-state index contributed by atoms with van der Waals surface area (Å²) in [7, 11) is 0. The maximum atomic E-state index is 14.2. The predicted octanol–water partition coefficient (Wildman–Crippen LogP) is 8.18. The zero-order chi connectivity index (χ0) is 25.6. The number of imide groups is 1. The molecular weight excluding hydrogens is 456 g/mol. The third-order valence-corrected chi connectivity index (χ3v) is 7.93. The Morgan fingerprint density at radius 1 is 0.622 bits per heavy atom. The highest BCUT2D eigenvalue weighted by atomic mass is 16.2. The van der Waals surface area contributed by atoms with Gasteiger partial charge in [-0.25, -0.2) is 4.90 Å². The van der Waals surface area contributed by atoms with Crippen LogP contribution in [0.25, 0.3) is 43.2 Å². The molecule has 4 heteroatoms. The summed E-state index contributed by atoms with van der Waals surface area (Å²) < 4.78 is 0. The fourth-order valence-corrected chi connectivity index (χ4v) is 6.24. The van der Waals surface area contributed by atoms with E-state index in [1.165, 1.54) is 4.90 Å². The lowest BCUT2D eigenvalue weighted by atomic mass is 9.85. The van der Waals surface area contributed by atoms with Gasteiger partial charge in [0.2, 0.25) is 0 Å². The molecule has 1 aliphatic heterocycles. The molecule has 2 heterocycles. The van der Waals surface area contributed by atoms with Crippen LogP contribution in [0.1, 0.15) is 71.4 Å². The van der Waals surface area contributed by atoms with Crippen LogP contribution in [0.3, 0.4) is 0 Å². The third-order valence-electron chi connectivity index (χ3n) is 7.93. The fourth-order valence-electron chi connectivity index (χ4n) is 6.24. The zero-order valence-electron chi connectivity index (χ0n) is 21.3. The Morgan fingerprint density at radius 3 is 1.86 bits per heavy atom. The van der Waals surface area contributed by atoms with E-state index in [0.29, 0.717) is 11.1 Å². The molecule has 0 saturated carbocycles. The van der Waals surface area contributed by atoms with Crippen molar-refractivity contribution in [1.29, 1.82) is 0 Å². The number of para-hydroxylation sites is 1. The normalized spacial score (nSPS) is 13.9.